The maximum Gasteiger partial charge on any atom is 0.228 e. The number of amides is 2. The van der Waals surface area contributed by atoms with Gasteiger partial charge in [-0.25, -0.2) is 0 Å². The van der Waals surface area contributed by atoms with Gasteiger partial charge in [0.2, 0.25) is 11.8 Å². The average Bonchev–Trinajstić information content (AvgIpc) is 3.03. The van der Waals surface area contributed by atoms with Crippen LogP contribution in [0.3, 0.4) is 0 Å². The molecule has 1 N–H and O–H groups in total. The van der Waals surface area contributed by atoms with Crippen LogP contribution in [-0.4, -0.2) is 77.4 Å². The van der Waals surface area contributed by atoms with Crippen molar-refractivity contribution < 1.29 is 14.7 Å². The Morgan fingerprint density at radius 2 is 1.88 bits per heavy atom. The van der Waals surface area contributed by atoms with E-state index in [-0.39, 0.29) is 17.7 Å². The first-order valence-corrected chi connectivity index (χ1v) is 9.10. The van der Waals surface area contributed by atoms with E-state index in [0.29, 0.717) is 39.1 Å². The van der Waals surface area contributed by atoms with Crippen LogP contribution in [-0.2, 0) is 9.59 Å². The van der Waals surface area contributed by atoms with Crippen molar-refractivity contribution in [3.63, 3.8) is 0 Å². The molecule has 0 spiro atoms. The van der Waals surface area contributed by atoms with Gasteiger partial charge in [0.25, 0.3) is 0 Å². The first kappa shape index (κ1) is 17.9. The quantitative estimate of drug-likeness (QED) is 0.855. The largest absolute Gasteiger partial charge is 0.387 e. The molecule has 2 saturated heterocycles. The molecule has 1 aromatic carbocycles. The average molecular weight is 345 g/mol. The van der Waals surface area contributed by atoms with Gasteiger partial charge < -0.3 is 14.9 Å². The maximum absolute atomic E-state index is 12.6. The van der Waals surface area contributed by atoms with E-state index in [1.165, 1.54) is 0 Å². The number of hydrogen-bond donors (Lipinski definition) is 1. The Bertz CT molecular complexity index is 599. The summed E-state index contributed by atoms with van der Waals surface area (Å²) in [5.74, 6) is 0.00642. The molecule has 2 amide bonds. The van der Waals surface area contributed by atoms with E-state index in [4.69, 9.17) is 0 Å². The van der Waals surface area contributed by atoms with Crippen molar-refractivity contribution >= 4 is 11.8 Å². The lowest BCUT2D eigenvalue weighted by molar-refractivity contribution is -0.137. The molecular formula is C19H27N3O3. The summed E-state index contributed by atoms with van der Waals surface area (Å²) in [4.78, 5) is 30.3. The number of β-amino-alcohol motifs (C(OH)–C–C–N with tert-alkyl or cyclic N) is 1. The molecule has 2 atom stereocenters. The summed E-state index contributed by atoms with van der Waals surface area (Å²) < 4.78 is 0. The molecule has 0 aliphatic carbocycles. The Morgan fingerprint density at radius 3 is 2.48 bits per heavy atom. The van der Waals surface area contributed by atoms with E-state index in [2.05, 4.69) is 4.90 Å². The Labute approximate surface area is 149 Å². The lowest BCUT2D eigenvalue weighted by Crippen LogP contribution is -2.51. The number of carbonyl (C=O) groups is 2. The van der Waals surface area contributed by atoms with Crippen molar-refractivity contribution in [2.75, 3.05) is 45.8 Å². The molecule has 25 heavy (non-hydrogen) atoms. The first-order chi connectivity index (χ1) is 12.1. The molecule has 2 fully saturated rings. The van der Waals surface area contributed by atoms with Crippen molar-refractivity contribution in [1.82, 2.24) is 14.7 Å². The Kier molecular flexibility index (Phi) is 5.71. The smallest absolute Gasteiger partial charge is 0.228 e. The number of rotatable bonds is 5. The summed E-state index contributed by atoms with van der Waals surface area (Å²) in [5.41, 5.74) is 0.921. The highest BCUT2D eigenvalue weighted by Crippen LogP contribution is 2.21. The molecular weight excluding hydrogens is 318 g/mol. The normalized spacial score (nSPS) is 23.1. The second-order valence-electron chi connectivity index (χ2n) is 6.89. The molecule has 0 bridgehead atoms. The van der Waals surface area contributed by atoms with Crippen LogP contribution in [0, 0.1) is 5.92 Å². The predicted octanol–water partition coefficient (Wildman–Crippen LogP) is 0.733. The van der Waals surface area contributed by atoms with E-state index in [0.717, 1.165) is 18.7 Å². The number of carbonyl (C=O) groups excluding carboxylic acids is 2. The predicted molar refractivity (Wildman–Crippen MR) is 94.8 cm³/mol. The van der Waals surface area contributed by atoms with Crippen molar-refractivity contribution in [2.24, 2.45) is 5.92 Å². The number of likely N-dealkylation sites (tertiary alicyclic amines) is 1. The van der Waals surface area contributed by atoms with Gasteiger partial charge >= 0.3 is 0 Å². The van der Waals surface area contributed by atoms with Crippen LogP contribution in [0.2, 0.25) is 0 Å². The second-order valence-corrected chi connectivity index (χ2v) is 6.89. The van der Waals surface area contributed by atoms with Crippen LogP contribution >= 0.6 is 0 Å². The zero-order chi connectivity index (χ0) is 17.8. The Hall–Kier alpha value is -1.92. The Balaban J connectivity index is 1.47. The summed E-state index contributed by atoms with van der Waals surface area (Å²) in [7, 11) is 0. The third kappa shape index (κ3) is 4.19. The number of aliphatic hydroxyl groups is 1. The fraction of sp³-hybridized carbons (Fsp3) is 0.579. The van der Waals surface area contributed by atoms with Gasteiger partial charge in [-0.3, -0.25) is 14.5 Å². The lowest BCUT2D eigenvalue weighted by atomic mass is 10.1. The van der Waals surface area contributed by atoms with Gasteiger partial charge in [-0.1, -0.05) is 30.3 Å². The van der Waals surface area contributed by atoms with E-state index in [9.17, 15) is 14.7 Å². The number of benzene rings is 1. The monoisotopic (exact) mass is 345 g/mol. The fourth-order valence-corrected chi connectivity index (χ4v) is 3.68. The van der Waals surface area contributed by atoms with Crippen molar-refractivity contribution in [1.29, 1.82) is 0 Å². The van der Waals surface area contributed by atoms with Gasteiger partial charge in [0.1, 0.15) is 0 Å². The molecule has 2 aliphatic rings. The van der Waals surface area contributed by atoms with Crippen molar-refractivity contribution in [2.45, 2.75) is 19.4 Å². The van der Waals surface area contributed by atoms with Crippen LogP contribution in [0.1, 0.15) is 25.0 Å². The van der Waals surface area contributed by atoms with Crippen molar-refractivity contribution in [3.05, 3.63) is 35.9 Å². The number of hydrogen-bond acceptors (Lipinski definition) is 4. The van der Waals surface area contributed by atoms with Crippen LogP contribution in [0.25, 0.3) is 0 Å². The minimum absolute atomic E-state index is 0.0884. The summed E-state index contributed by atoms with van der Waals surface area (Å²) in [6, 6.07) is 9.66. The highest BCUT2D eigenvalue weighted by molar-refractivity contribution is 5.89. The zero-order valence-corrected chi connectivity index (χ0v) is 14.8. The topological polar surface area (TPSA) is 64.1 Å². The molecule has 0 aromatic heterocycles. The van der Waals surface area contributed by atoms with Crippen LogP contribution < -0.4 is 0 Å². The summed E-state index contributed by atoms with van der Waals surface area (Å²) in [5, 5.41) is 10.3. The number of nitrogens with zero attached hydrogens (tertiary/aromatic N) is 3. The molecule has 2 heterocycles. The summed E-state index contributed by atoms with van der Waals surface area (Å²) >= 11 is 0. The second kappa shape index (κ2) is 7.97. The SMILES string of the molecule is CCN1C[C@H](C(=O)N2CCN(C[C@@H](O)c3ccccc3)CC2)CC1=O. The van der Waals surface area contributed by atoms with Gasteiger partial charge in [-0.2, -0.15) is 0 Å². The van der Waals surface area contributed by atoms with Crippen LogP contribution in [0.5, 0.6) is 0 Å². The third-order valence-electron chi connectivity index (χ3n) is 5.24. The van der Waals surface area contributed by atoms with Crippen molar-refractivity contribution in [3.8, 4) is 0 Å². The molecule has 136 valence electrons. The lowest BCUT2D eigenvalue weighted by Gasteiger charge is -2.36. The van der Waals surface area contributed by atoms with Gasteiger partial charge in [0.15, 0.2) is 0 Å². The standard InChI is InChI=1S/C19H27N3O3/c1-2-21-13-16(12-18(21)24)19(25)22-10-8-20(9-11-22)14-17(23)15-6-4-3-5-7-15/h3-7,16-17,23H,2,8-14H2,1H3/t16-,17-/m1/s1. The van der Waals surface area contributed by atoms with E-state index < -0.39 is 6.10 Å². The van der Waals surface area contributed by atoms with E-state index in [1.807, 2.05) is 42.2 Å². The highest BCUT2D eigenvalue weighted by Gasteiger charge is 2.36. The first-order valence-electron chi connectivity index (χ1n) is 9.10. The molecule has 2 aliphatic heterocycles. The number of piperazine rings is 1. The molecule has 0 radical (unpaired) electrons. The molecule has 6 heteroatoms. The Morgan fingerprint density at radius 1 is 1.20 bits per heavy atom. The molecule has 0 saturated carbocycles. The van der Waals surface area contributed by atoms with Gasteiger partial charge in [0.05, 0.1) is 12.0 Å². The molecule has 3 rings (SSSR count). The van der Waals surface area contributed by atoms with E-state index >= 15 is 0 Å². The van der Waals surface area contributed by atoms with Crippen LogP contribution in [0.4, 0.5) is 0 Å². The van der Waals surface area contributed by atoms with E-state index in [1.54, 1.807) is 4.90 Å². The van der Waals surface area contributed by atoms with Gasteiger partial charge in [-0.05, 0) is 12.5 Å². The minimum atomic E-state index is -0.506. The van der Waals surface area contributed by atoms with Gasteiger partial charge in [-0.15, -0.1) is 0 Å². The zero-order valence-electron chi connectivity index (χ0n) is 14.8. The fourth-order valence-electron chi connectivity index (χ4n) is 3.68. The van der Waals surface area contributed by atoms with Gasteiger partial charge in [0, 0.05) is 52.2 Å². The maximum atomic E-state index is 12.6. The summed E-state index contributed by atoms with van der Waals surface area (Å²) in [6.07, 6.45) is -0.159. The number of aliphatic hydroxyl groups excluding tert-OH is 1. The highest BCUT2D eigenvalue weighted by atomic mass is 16.3. The molecule has 1 aromatic rings. The molecule has 6 nitrogen and oxygen atoms in total. The summed E-state index contributed by atoms with van der Waals surface area (Å²) in [6.45, 7) is 6.60. The molecule has 0 unspecified atom stereocenters. The van der Waals surface area contributed by atoms with Crippen LogP contribution in [0.15, 0.2) is 30.3 Å². The minimum Gasteiger partial charge on any atom is -0.387 e. The third-order valence-corrected chi connectivity index (χ3v) is 5.24.